The molecular weight excluding hydrogens is 278 g/mol. The van der Waals surface area contributed by atoms with Gasteiger partial charge in [-0.1, -0.05) is 6.92 Å². The van der Waals surface area contributed by atoms with Gasteiger partial charge in [-0.25, -0.2) is 4.98 Å². The monoisotopic (exact) mass is 295 g/mol. The van der Waals surface area contributed by atoms with Gasteiger partial charge < -0.3 is 15.5 Å². The SMILES string of the molecule is CCc1nc2cc(NC(=O)C3(N)CCC3)ccc2o1.Cl. The Kier molecular flexibility index (Phi) is 4.01. The zero-order valence-corrected chi connectivity index (χ0v) is 12.1. The first-order valence-corrected chi connectivity index (χ1v) is 6.60. The minimum atomic E-state index is -0.687. The number of nitrogens with zero attached hydrogens (tertiary/aromatic N) is 1. The van der Waals surface area contributed by atoms with E-state index in [1.54, 1.807) is 0 Å². The molecule has 3 rings (SSSR count). The third kappa shape index (κ3) is 2.51. The van der Waals surface area contributed by atoms with Crippen molar-refractivity contribution in [2.24, 2.45) is 5.73 Å². The number of nitrogens with two attached hydrogens (primary N) is 1. The first kappa shape index (κ1) is 14.8. The van der Waals surface area contributed by atoms with Gasteiger partial charge in [-0.2, -0.15) is 0 Å². The van der Waals surface area contributed by atoms with Crippen LogP contribution in [0.2, 0.25) is 0 Å². The van der Waals surface area contributed by atoms with Crippen LogP contribution in [-0.4, -0.2) is 16.4 Å². The van der Waals surface area contributed by atoms with E-state index >= 15 is 0 Å². The van der Waals surface area contributed by atoms with Gasteiger partial charge in [0.1, 0.15) is 5.52 Å². The lowest BCUT2D eigenvalue weighted by Gasteiger charge is -2.36. The summed E-state index contributed by atoms with van der Waals surface area (Å²) in [4.78, 5) is 16.4. The highest BCUT2D eigenvalue weighted by molar-refractivity contribution is 5.99. The fourth-order valence-electron chi connectivity index (χ4n) is 2.24. The third-order valence-corrected chi connectivity index (χ3v) is 3.69. The fraction of sp³-hybridized carbons (Fsp3) is 0.429. The van der Waals surface area contributed by atoms with Crippen LogP contribution in [0.5, 0.6) is 0 Å². The second kappa shape index (κ2) is 5.42. The van der Waals surface area contributed by atoms with Crippen LogP contribution in [0.1, 0.15) is 32.1 Å². The maximum Gasteiger partial charge on any atom is 0.244 e. The van der Waals surface area contributed by atoms with Crippen molar-refractivity contribution in [1.82, 2.24) is 4.98 Å². The van der Waals surface area contributed by atoms with Crippen molar-refractivity contribution in [2.45, 2.75) is 38.1 Å². The van der Waals surface area contributed by atoms with Crippen molar-refractivity contribution in [1.29, 1.82) is 0 Å². The average molecular weight is 296 g/mol. The van der Waals surface area contributed by atoms with E-state index in [0.29, 0.717) is 11.6 Å². The molecule has 1 aliphatic carbocycles. The van der Waals surface area contributed by atoms with Gasteiger partial charge in [-0.3, -0.25) is 4.79 Å². The molecule has 0 atom stereocenters. The summed E-state index contributed by atoms with van der Waals surface area (Å²) in [6.07, 6.45) is 3.28. The maximum atomic E-state index is 12.0. The molecule has 0 radical (unpaired) electrons. The quantitative estimate of drug-likeness (QED) is 0.912. The van der Waals surface area contributed by atoms with Crippen molar-refractivity contribution >= 4 is 35.1 Å². The van der Waals surface area contributed by atoms with Crippen molar-refractivity contribution in [3.63, 3.8) is 0 Å². The normalized spacial score (nSPS) is 16.3. The summed E-state index contributed by atoms with van der Waals surface area (Å²) in [5.41, 5.74) is 7.51. The molecule has 2 aromatic rings. The van der Waals surface area contributed by atoms with Crippen LogP contribution in [0.4, 0.5) is 5.69 Å². The topological polar surface area (TPSA) is 81.2 Å². The van der Waals surface area contributed by atoms with Crippen LogP contribution in [0, 0.1) is 0 Å². The second-order valence-corrected chi connectivity index (χ2v) is 5.11. The van der Waals surface area contributed by atoms with E-state index in [4.69, 9.17) is 10.2 Å². The van der Waals surface area contributed by atoms with E-state index < -0.39 is 5.54 Å². The number of anilines is 1. The number of carbonyl (C=O) groups is 1. The first-order valence-electron chi connectivity index (χ1n) is 6.60. The number of hydrogen-bond acceptors (Lipinski definition) is 4. The highest BCUT2D eigenvalue weighted by atomic mass is 35.5. The van der Waals surface area contributed by atoms with Crippen molar-refractivity contribution in [3.05, 3.63) is 24.1 Å². The van der Waals surface area contributed by atoms with E-state index in [0.717, 1.165) is 36.8 Å². The fourth-order valence-corrected chi connectivity index (χ4v) is 2.24. The number of fused-ring (bicyclic) bond motifs is 1. The number of halogens is 1. The Morgan fingerprint density at radius 1 is 1.50 bits per heavy atom. The number of aromatic nitrogens is 1. The van der Waals surface area contributed by atoms with Crippen molar-refractivity contribution in [2.75, 3.05) is 5.32 Å². The lowest BCUT2D eigenvalue weighted by molar-refractivity contribution is -0.123. The van der Waals surface area contributed by atoms with Gasteiger partial charge in [0.15, 0.2) is 11.5 Å². The summed E-state index contributed by atoms with van der Waals surface area (Å²) in [6.45, 7) is 1.99. The minimum Gasteiger partial charge on any atom is -0.441 e. The zero-order chi connectivity index (χ0) is 13.5. The minimum absolute atomic E-state index is 0. The molecule has 5 nitrogen and oxygen atoms in total. The van der Waals surface area contributed by atoms with Crippen LogP contribution in [0.15, 0.2) is 22.6 Å². The van der Waals surface area contributed by atoms with E-state index in [1.165, 1.54) is 0 Å². The number of rotatable bonds is 3. The number of amides is 1. The molecule has 0 bridgehead atoms. The molecule has 1 heterocycles. The molecule has 0 spiro atoms. The smallest absolute Gasteiger partial charge is 0.244 e. The summed E-state index contributed by atoms with van der Waals surface area (Å²) >= 11 is 0. The van der Waals surface area contributed by atoms with Crippen LogP contribution in [0.25, 0.3) is 11.1 Å². The number of oxazole rings is 1. The van der Waals surface area contributed by atoms with Gasteiger partial charge >= 0.3 is 0 Å². The summed E-state index contributed by atoms with van der Waals surface area (Å²) in [7, 11) is 0. The van der Waals surface area contributed by atoms with Crippen LogP contribution >= 0.6 is 12.4 Å². The van der Waals surface area contributed by atoms with Gasteiger partial charge in [-0.15, -0.1) is 12.4 Å². The Hall–Kier alpha value is -1.59. The molecule has 108 valence electrons. The molecule has 1 fully saturated rings. The number of carbonyl (C=O) groups excluding carboxylic acids is 1. The number of hydrogen-bond donors (Lipinski definition) is 2. The summed E-state index contributed by atoms with van der Waals surface area (Å²) in [6, 6.07) is 5.45. The zero-order valence-electron chi connectivity index (χ0n) is 11.3. The maximum absolute atomic E-state index is 12.0. The van der Waals surface area contributed by atoms with E-state index in [1.807, 2.05) is 25.1 Å². The lowest BCUT2D eigenvalue weighted by atomic mass is 9.77. The summed E-state index contributed by atoms with van der Waals surface area (Å²) in [5, 5.41) is 2.86. The van der Waals surface area contributed by atoms with Gasteiger partial charge in [0, 0.05) is 12.1 Å². The predicted octanol–water partition coefficient (Wildman–Crippen LogP) is 2.63. The number of nitrogens with one attached hydrogen (secondary N) is 1. The number of aryl methyl sites for hydroxylation is 1. The Labute approximate surface area is 123 Å². The lowest BCUT2D eigenvalue weighted by Crippen LogP contribution is -2.56. The molecule has 1 aromatic heterocycles. The molecule has 20 heavy (non-hydrogen) atoms. The Morgan fingerprint density at radius 2 is 2.25 bits per heavy atom. The molecule has 6 heteroatoms. The molecule has 1 saturated carbocycles. The van der Waals surface area contributed by atoms with Gasteiger partial charge in [0.25, 0.3) is 0 Å². The molecule has 1 amide bonds. The van der Waals surface area contributed by atoms with Crippen LogP contribution in [0.3, 0.4) is 0 Å². The summed E-state index contributed by atoms with van der Waals surface area (Å²) in [5.74, 6) is 0.588. The highest BCUT2D eigenvalue weighted by Crippen LogP contribution is 2.30. The predicted molar refractivity (Wildman–Crippen MR) is 80.0 cm³/mol. The molecule has 0 saturated heterocycles. The average Bonchev–Trinajstić information content (AvgIpc) is 2.78. The first-order chi connectivity index (χ1) is 9.10. The third-order valence-electron chi connectivity index (χ3n) is 3.69. The molecule has 0 aliphatic heterocycles. The molecule has 1 aromatic carbocycles. The van der Waals surface area contributed by atoms with Crippen LogP contribution in [-0.2, 0) is 11.2 Å². The summed E-state index contributed by atoms with van der Waals surface area (Å²) < 4.78 is 5.53. The highest BCUT2D eigenvalue weighted by Gasteiger charge is 2.40. The molecule has 0 unspecified atom stereocenters. The van der Waals surface area contributed by atoms with Crippen molar-refractivity contribution < 1.29 is 9.21 Å². The van der Waals surface area contributed by atoms with E-state index in [-0.39, 0.29) is 18.3 Å². The molecule has 1 aliphatic rings. The molecular formula is C14H18ClN3O2. The Bertz CT molecular complexity index is 634. The van der Waals surface area contributed by atoms with Crippen molar-refractivity contribution in [3.8, 4) is 0 Å². The number of benzene rings is 1. The molecule has 3 N–H and O–H groups in total. The largest absolute Gasteiger partial charge is 0.441 e. The van der Waals surface area contributed by atoms with Gasteiger partial charge in [0.2, 0.25) is 5.91 Å². The van der Waals surface area contributed by atoms with E-state index in [2.05, 4.69) is 10.3 Å². The van der Waals surface area contributed by atoms with Gasteiger partial charge in [-0.05, 0) is 37.5 Å². The van der Waals surface area contributed by atoms with Crippen LogP contribution < -0.4 is 11.1 Å². The Morgan fingerprint density at radius 3 is 2.85 bits per heavy atom. The van der Waals surface area contributed by atoms with Gasteiger partial charge in [0.05, 0.1) is 5.54 Å². The standard InChI is InChI=1S/C14H17N3O2.ClH/c1-2-12-17-10-8-9(4-5-11(10)19-12)16-13(18)14(15)6-3-7-14;/h4-5,8H,2-3,6-7,15H2,1H3,(H,16,18);1H. The van der Waals surface area contributed by atoms with E-state index in [9.17, 15) is 4.79 Å². The second-order valence-electron chi connectivity index (χ2n) is 5.11. The Balaban J connectivity index is 0.00000147.